The van der Waals surface area contributed by atoms with Crippen LogP contribution in [0.25, 0.3) is 0 Å². The summed E-state index contributed by atoms with van der Waals surface area (Å²) in [4.78, 5) is 16.5. The van der Waals surface area contributed by atoms with E-state index in [1.54, 1.807) is 12.5 Å². The van der Waals surface area contributed by atoms with Gasteiger partial charge in [-0.25, -0.2) is 4.98 Å². The topological polar surface area (TPSA) is 72.5 Å². The predicted octanol–water partition coefficient (Wildman–Crippen LogP) is 3.11. The Morgan fingerprint density at radius 1 is 1.50 bits per heavy atom. The number of thiazole rings is 1. The highest BCUT2D eigenvalue weighted by Gasteiger charge is 2.18. The van der Waals surface area contributed by atoms with Gasteiger partial charge in [-0.15, -0.1) is 11.3 Å². The van der Waals surface area contributed by atoms with Gasteiger partial charge in [0.2, 0.25) is 0 Å². The lowest BCUT2D eigenvalue weighted by atomic mass is 10.2. The number of nitrogens with one attached hydrogen (secondary N) is 2. The maximum atomic E-state index is 12.2. The zero-order valence-corrected chi connectivity index (χ0v) is 14.6. The molecule has 2 aromatic rings. The van der Waals surface area contributed by atoms with Crippen molar-refractivity contribution in [2.75, 3.05) is 25.6 Å². The molecule has 1 aliphatic rings. The molecule has 24 heavy (non-hydrogen) atoms. The van der Waals surface area contributed by atoms with Gasteiger partial charge < -0.3 is 20.1 Å². The molecular weight excluding hydrogens is 326 g/mol. The van der Waals surface area contributed by atoms with E-state index in [9.17, 15) is 4.79 Å². The van der Waals surface area contributed by atoms with E-state index < -0.39 is 0 Å². The number of rotatable bonds is 6. The number of aryl methyl sites for hydroxylation is 1. The normalized spacial score (nSPS) is 16.8. The summed E-state index contributed by atoms with van der Waals surface area (Å²) in [6.45, 7) is 3.32. The van der Waals surface area contributed by atoms with E-state index >= 15 is 0 Å². The molecule has 0 spiro atoms. The van der Waals surface area contributed by atoms with Crippen molar-refractivity contribution < 1.29 is 14.3 Å². The van der Waals surface area contributed by atoms with Crippen LogP contribution in [-0.4, -0.2) is 37.3 Å². The average Bonchev–Trinajstić information content (AvgIpc) is 3.24. The van der Waals surface area contributed by atoms with Crippen LogP contribution >= 0.6 is 11.3 Å². The fraction of sp³-hybridized carbons (Fsp3) is 0.412. The quantitative estimate of drug-likeness (QED) is 0.840. The molecule has 1 amide bonds. The van der Waals surface area contributed by atoms with Gasteiger partial charge in [-0.2, -0.15) is 0 Å². The number of ether oxygens (including phenoxy) is 2. The Labute approximate surface area is 145 Å². The van der Waals surface area contributed by atoms with Crippen molar-refractivity contribution in [1.29, 1.82) is 0 Å². The lowest BCUT2D eigenvalue weighted by Gasteiger charge is -2.10. The van der Waals surface area contributed by atoms with Crippen LogP contribution in [0.4, 0.5) is 10.8 Å². The van der Waals surface area contributed by atoms with Crippen molar-refractivity contribution in [1.82, 2.24) is 10.3 Å². The maximum absolute atomic E-state index is 12.2. The highest BCUT2D eigenvalue weighted by Crippen LogP contribution is 2.29. The molecule has 128 valence electrons. The maximum Gasteiger partial charge on any atom is 0.270 e. The van der Waals surface area contributed by atoms with Crippen LogP contribution in [-0.2, 0) is 4.74 Å². The zero-order valence-electron chi connectivity index (χ0n) is 13.8. The molecule has 1 atom stereocenters. The fourth-order valence-corrected chi connectivity index (χ4v) is 3.28. The molecular formula is C17H21N3O3S. The molecule has 0 unspecified atom stereocenters. The highest BCUT2D eigenvalue weighted by molar-refractivity contribution is 7.14. The van der Waals surface area contributed by atoms with Gasteiger partial charge in [0, 0.05) is 18.5 Å². The van der Waals surface area contributed by atoms with E-state index in [-0.39, 0.29) is 12.0 Å². The third-order valence-electron chi connectivity index (χ3n) is 3.85. The van der Waals surface area contributed by atoms with E-state index in [0.29, 0.717) is 17.4 Å². The minimum atomic E-state index is -0.175. The Morgan fingerprint density at radius 3 is 3.12 bits per heavy atom. The van der Waals surface area contributed by atoms with Crippen molar-refractivity contribution in [2.45, 2.75) is 25.9 Å². The number of anilines is 2. The lowest BCUT2D eigenvalue weighted by Crippen LogP contribution is -2.31. The van der Waals surface area contributed by atoms with Gasteiger partial charge >= 0.3 is 0 Å². The first-order valence-electron chi connectivity index (χ1n) is 7.92. The van der Waals surface area contributed by atoms with Crippen LogP contribution in [0.3, 0.4) is 0 Å². The summed E-state index contributed by atoms with van der Waals surface area (Å²) in [5.74, 6) is 0.561. The van der Waals surface area contributed by atoms with Gasteiger partial charge in [0.1, 0.15) is 11.4 Å². The van der Waals surface area contributed by atoms with Crippen LogP contribution in [0.2, 0.25) is 0 Å². The molecule has 2 N–H and O–H groups in total. The van der Waals surface area contributed by atoms with Crippen LogP contribution in [0, 0.1) is 6.92 Å². The Balaban J connectivity index is 1.62. The van der Waals surface area contributed by atoms with Crippen molar-refractivity contribution in [3.63, 3.8) is 0 Å². The third-order valence-corrected chi connectivity index (χ3v) is 4.61. The summed E-state index contributed by atoms with van der Waals surface area (Å²) in [6, 6.07) is 5.87. The van der Waals surface area contributed by atoms with Gasteiger partial charge in [-0.1, -0.05) is 6.07 Å². The van der Waals surface area contributed by atoms with E-state index in [4.69, 9.17) is 9.47 Å². The minimum Gasteiger partial charge on any atom is -0.495 e. The molecule has 7 heteroatoms. The molecule has 1 saturated heterocycles. The van der Waals surface area contributed by atoms with Crippen molar-refractivity contribution >= 4 is 28.1 Å². The largest absolute Gasteiger partial charge is 0.495 e. The zero-order chi connectivity index (χ0) is 16.9. The number of methoxy groups -OCH3 is 1. The average molecular weight is 347 g/mol. The molecule has 0 bridgehead atoms. The SMILES string of the molecule is COc1ccc(C)cc1Nc1nc(C(=O)NC[C@H]2CCCO2)cs1. The van der Waals surface area contributed by atoms with Gasteiger partial charge in [-0.3, -0.25) is 4.79 Å². The number of hydrogen-bond acceptors (Lipinski definition) is 6. The van der Waals surface area contributed by atoms with Crippen molar-refractivity contribution in [3.8, 4) is 5.75 Å². The molecule has 1 aromatic carbocycles. The summed E-state index contributed by atoms with van der Waals surface area (Å²) in [7, 11) is 1.63. The second kappa shape index (κ2) is 7.63. The number of carbonyl (C=O) groups excluding carboxylic acids is 1. The van der Waals surface area contributed by atoms with Crippen molar-refractivity contribution in [2.24, 2.45) is 0 Å². The molecule has 3 rings (SSSR count). The van der Waals surface area contributed by atoms with Crippen LogP contribution in [0.5, 0.6) is 5.75 Å². The monoisotopic (exact) mass is 347 g/mol. The third kappa shape index (κ3) is 4.04. The first kappa shape index (κ1) is 16.7. The molecule has 1 aliphatic heterocycles. The van der Waals surface area contributed by atoms with E-state index in [1.807, 2.05) is 25.1 Å². The first-order valence-corrected chi connectivity index (χ1v) is 8.80. The first-order chi connectivity index (χ1) is 11.7. The van der Waals surface area contributed by atoms with Gasteiger partial charge in [0.05, 0.1) is 18.9 Å². The Morgan fingerprint density at radius 2 is 2.38 bits per heavy atom. The molecule has 1 fully saturated rings. The summed E-state index contributed by atoms with van der Waals surface area (Å²) >= 11 is 1.39. The van der Waals surface area contributed by atoms with E-state index in [1.165, 1.54) is 11.3 Å². The van der Waals surface area contributed by atoms with Gasteiger partial charge in [0.15, 0.2) is 5.13 Å². The molecule has 1 aromatic heterocycles. The molecule has 2 heterocycles. The number of benzene rings is 1. The fourth-order valence-electron chi connectivity index (χ4n) is 2.57. The lowest BCUT2D eigenvalue weighted by molar-refractivity contribution is 0.0854. The molecule has 6 nitrogen and oxygen atoms in total. The highest BCUT2D eigenvalue weighted by atomic mass is 32.1. The molecule has 0 radical (unpaired) electrons. The van der Waals surface area contributed by atoms with E-state index in [0.717, 1.165) is 36.4 Å². The smallest absolute Gasteiger partial charge is 0.270 e. The predicted molar refractivity (Wildman–Crippen MR) is 94.4 cm³/mol. The number of aromatic nitrogens is 1. The standard InChI is InChI=1S/C17H21N3O3S/c1-11-5-6-15(22-2)13(8-11)19-17-20-14(10-24-17)16(21)18-9-12-4-3-7-23-12/h5-6,8,10,12H,3-4,7,9H2,1-2H3,(H,18,21)(H,19,20)/t12-/m1/s1. The van der Waals surface area contributed by atoms with Gasteiger partial charge in [0.25, 0.3) is 5.91 Å². The van der Waals surface area contributed by atoms with E-state index in [2.05, 4.69) is 15.6 Å². The molecule has 0 saturated carbocycles. The summed E-state index contributed by atoms with van der Waals surface area (Å²) < 4.78 is 10.8. The van der Waals surface area contributed by atoms with Crippen LogP contribution < -0.4 is 15.4 Å². The Hall–Kier alpha value is -2.12. The second-order valence-electron chi connectivity index (χ2n) is 5.71. The number of carbonyl (C=O) groups is 1. The second-order valence-corrected chi connectivity index (χ2v) is 6.57. The number of nitrogens with zero attached hydrogens (tertiary/aromatic N) is 1. The summed E-state index contributed by atoms with van der Waals surface area (Å²) in [5.41, 5.74) is 2.36. The Kier molecular flexibility index (Phi) is 5.32. The number of amides is 1. The van der Waals surface area contributed by atoms with Crippen LogP contribution in [0.15, 0.2) is 23.6 Å². The number of hydrogen-bond donors (Lipinski definition) is 2. The Bertz CT molecular complexity index is 711. The summed E-state index contributed by atoms with van der Waals surface area (Å²) in [6.07, 6.45) is 2.18. The minimum absolute atomic E-state index is 0.127. The van der Waals surface area contributed by atoms with Gasteiger partial charge in [-0.05, 0) is 37.5 Å². The van der Waals surface area contributed by atoms with Crippen molar-refractivity contribution in [3.05, 3.63) is 34.8 Å². The molecule has 0 aliphatic carbocycles. The summed E-state index contributed by atoms with van der Waals surface area (Å²) in [5, 5.41) is 8.49. The van der Waals surface area contributed by atoms with Crippen LogP contribution in [0.1, 0.15) is 28.9 Å².